The van der Waals surface area contributed by atoms with Crippen LogP contribution in [-0.2, 0) is 0 Å². The molecule has 1 unspecified atom stereocenters. The van der Waals surface area contributed by atoms with E-state index < -0.39 is 0 Å². The Morgan fingerprint density at radius 3 is 1.94 bits per heavy atom. The van der Waals surface area contributed by atoms with Gasteiger partial charge in [0.25, 0.3) is 0 Å². The number of hydrogen-bond acceptors (Lipinski definition) is 2. The van der Waals surface area contributed by atoms with Crippen molar-refractivity contribution in [3.8, 4) is 0 Å². The Morgan fingerprint density at radius 1 is 1.06 bits per heavy atom. The summed E-state index contributed by atoms with van der Waals surface area (Å²) in [5, 5.41) is 19.1. The molecule has 0 spiro atoms. The predicted octanol–water partition coefficient (Wildman–Crippen LogP) is 3.22. The van der Waals surface area contributed by atoms with Gasteiger partial charge in [-0.25, -0.2) is 0 Å². The van der Waals surface area contributed by atoms with Gasteiger partial charge in [-0.1, -0.05) is 53.4 Å². The molecule has 0 heterocycles. The van der Waals surface area contributed by atoms with Gasteiger partial charge in [-0.05, 0) is 18.3 Å². The summed E-state index contributed by atoms with van der Waals surface area (Å²) in [5.41, 5.74) is -0.283. The fourth-order valence-electron chi connectivity index (χ4n) is 2.30. The molecule has 0 radical (unpaired) electrons. The van der Waals surface area contributed by atoms with E-state index in [1.54, 1.807) is 0 Å². The van der Waals surface area contributed by atoms with Gasteiger partial charge in [0.1, 0.15) is 0 Å². The maximum atomic E-state index is 9.56. The first-order valence-electron chi connectivity index (χ1n) is 6.78. The van der Waals surface area contributed by atoms with Crippen LogP contribution < -0.4 is 0 Å². The van der Waals surface area contributed by atoms with Crippen LogP contribution in [0.2, 0.25) is 0 Å². The minimum Gasteiger partial charge on any atom is -0.396 e. The maximum Gasteiger partial charge on any atom is 0.0511 e. The van der Waals surface area contributed by atoms with E-state index >= 15 is 0 Å². The highest BCUT2D eigenvalue weighted by Gasteiger charge is 2.34. The maximum absolute atomic E-state index is 9.56. The van der Waals surface area contributed by atoms with Crippen molar-refractivity contribution in [1.82, 2.24) is 0 Å². The molecule has 0 saturated carbocycles. The lowest BCUT2D eigenvalue weighted by molar-refractivity contribution is -0.00583. The van der Waals surface area contributed by atoms with E-state index in [-0.39, 0.29) is 18.6 Å². The van der Waals surface area contributed by atoms with Crippen LogP contribution in [0, 0.1) is 17.3 Å². The third-order valence-electron chi connectivity index (χ3n) is 4.09. The van der Waals surface area contributed by atoms with Crippen LogP contribution in [0.25, 0.3) is 0 Å². The first-order valence-corrected chi connectivity index (χ1v) is 6.78. The Bertz CT molecular complexity index is 162. The summed E-state index contributed by atoms with van der Waals surface area (Å²) in [7, 11) is 0. The van der Waals surface area contributed by atoms with Crippen LogP contribution in [0.5, 0.6) is 0 Å². The van der Waals surface area contributed by atoms with Crippen molar-refractivity contribution in [2.75, 3.05) is 13.2 Å². The molecule has 0 rings (SSSR count). The van der Waals surface area contributed by atoms with Gasteiger partial charge in [0.15, 0.2) is 0 Å². The van der Waals surface area contributed by atoms with Gasteiger partial charge in [-0.2, -0.15) is 0 Å². The van der Waals surface area contributed by atoms with Crippen molar-refractivity contribution in [3.63, 3.8) is 0 Å². The first-order chi connectivity index (χ1) is 7.56. The second-order valence-electron chi connectivity index (χ2n) is 5.45. The molecule has 16 heavy (non-hydrogen) atoms. The third kappa shape index (κ3) is 4.42. The van der Waals surface area contributed by atoms with Gasteiger partial charge in [-0.15, -0.1) is 0 Å². The molecule has 2 heteroatoms. The lowest BCUT2D eigenvalue weighted by Gasteiger charge is -2.37. The van der Waals surface area contributed by atoms with Gasteiger partial charge in [-0.3, -0.25) is 0 Å². The van der Waals surface area contributed by atoms with Crippen LogP contribution in [0.1, 0.15) is 59.8 Å². The molecule has 2 nitrogen and oxygen atoms in total. The van der Waals surface area contributed by atoms with Crippen molar-refractivity contribution in [3.05, 3.63) is 0 Å². The monoisotopic (exact) mass is 230 g/mol. The number of aliphatic hydroxyl groups is 2. The van der Waals surface area contributed by atoms with Crippen molar-refractivity contribution >= 4 is 0 Å². The van der Waals surface area contributed by atoms with E-state index in [4.69, 9.17) is 0 Å². The summed E-state index contributed by atoms with van der Waals surface area (Å²) in [5.74, 6) is 0.972. The van der Waals surface area contributed by atoms with Crippen molar-refractivity contribution in [2.45, 2.75) is 59.8 Å². The average molecular weight is 230 g/mol. The predicted molar refractivity (Wildman–Crippen MR) is 69.4 cm³/mol. The van der Waals surface area contributed by atoms with Gasteiger partial charge in [0, 0.05) is 5.41 Å². The molecule has 0 aliphatic rings. The van der Waals surface area contributed by atoms with Crippen LogP contribution >= 0.6 is 0 Å². The Kier molecular flexibility index (Phi) is 8.04. The van der Waals surface area contributed by atoms with E-state index in [0.717, 1.165) is 12.8 Å². The number of aliphatic hydroxyl groups excluding tert-OH is 2. The quantitative estimate of drug-likeness (QED) is 0.638. The fraction of sp³-hybridized carbons (Fsp3) is 1.00. The normalized spacial score (nSPS) is 14.4. The smallest absolute Gasteiger partial charge is 0.0511 e. The Hall–Kier alpha value is -0.0800. The minimum absolute atomic E-state index is 0.101. The fourth-order valence-corrected chi connectivity index (χ4v) is 2.30. The van der Waals surface area contributed by atoms with Crippen molar-refractivity contribution in [2.24, 2.45) is 17.3 Å². The van der Waals surface area contributed by atoms with Crippen LogP contribution in [0.4, 0.5) is 0 Å². The third-order valence-corrected chi connectivity index (χ3v) is 4.09. The number of rotatable bonds is 9. The summed E-state index contributed by atoms with van der Waals surface area (Å²) < 4.78 is 0. The summed E-state index contributed by atoms with van der Waals surface area (Å²) in [6, 6.07) is 0. The zero-order chi connectivity index (χ0) is 12.6. The van der Waals surface area contributed by atoms with Gasteiger partial charge in [0.05, 0.1) is 13.2 Å². The van der Waals surface area contributed by atoms with Gasteiger partial charge < -0.3 is 10.2 Å². The van der Waals surface area contributed by atoms with E-state index in [1.807, 2.05) is 0 Å². The summed E-state index contributed by atoms with van der Waals surface area (Å²) in [6.07, 6.45) is 5.80. The lowest BCUT2D eigenvalue weighted by atomic mass is 9.71. The number of hydrogen-bond donors (Lipinski definition) is 2. The second-order valence-corrected chi connectivity index (χ2v) is 5.45. The summed E-state index contributed by atoms with van der Waals surface area (Å²) in [4.78, 5) is 0. The first kappa shape index (κ1) is 15.9. The SMILES string of the molecule is CCCCC(CC)CC(CO)(CO)C(C)C. The zero-order valence-electron chi connectivity index (χ0n) is 11.5. The summed E-state index contributed by atoms with van der Waals surface area (Å²) in [6.45, 7) is 8.81. The Balaban J connectivity index is 4.45. The van der Waals surface area contributed by atoms with Crippen LogP contribution in [-0.4, -0.2) is 23.4 Å². The molecule has 0 aliphatic carbocycles. The standard InChI is InChI=1S/C14H30O2/c1-5-7-8-13(6-2)9-14(10-15,11-16)12(3)4/h12-13,15-16H,5-11H2,1-4H3. The molecule has 0 amide bonds. The molecule has 1 atom stereocenters. The van der Waals surface area contributed by atoms with Gasteiger partial charge in [0.2, 0.25) is 0 Å². The second kappa shape index (κ2) is 8.08. The molecule has 0 aromatic heterocycles. The zero-order valence-corrected chi connectivity index (χ0v) is 11.5. The van der Waals surface area contributed by atoms with E-state index in [0.29, 0.717) is 11.8 Å². The Morgan fingerprint density at radius 2 is 1.62 bits per heavy atom. The molecule has 0 saturated heterocycles. The minimum atomic E-state index is -0.283. The molecule has 0 aromatic rings. The molecule has 2 N–H and O–H groups in total. The van der Waals surface area contributed by atoms with E-state index in [9.17, 15) is 10.2 Å². The highest BCUT2D eigenvalue weighted by atomic mass is 16.3. The molecule has 0 fully saturated rings. The Labute approximate surface area is 101 Å². The van der Waals surface area contributed by atoms with Crippen molar-refractivity contribution in [1.29, 1.82) is 0 Å². The van der Waals surface area contributed by atoms with Crippen LogP contribution in [0.3, 0.4) is 0 Å². The highest BCUT2D eigenvalue weighted by Crippen LogP contribution is 2.36. The lowest BCUT2D eigenvalue weighted by Crippen LogP contribution is -2.37. The summed E-state index contributed by atoms with van der Waals surface area (Å²) >= 11 is 0. The molecule has 98 valence electrons. The van der Waals surface area contributed by atoms with E-state index in [2.05, 4.69) is 27.7 Å². The van der Waals surface area contributed by atoms with Crippen molar-refractivity contribution < 1.29 is 10.2 Å². The number of unbranched alkanes of at least 4 members (excludes halogenated alkanes) is 1. The molecule has 0 aromatic carbocycles. The molecule has 0 aliphatic heterocycles. The molecular weight excluding hydrogens is 200 g/mol. The topological polar surface area (TPSA) is 40.5 Å². The van der Waals surface area contributed by atoms with Crippen LogP contribution in [0.15, 0.2) is 0 Å². The highest BCUT2D eigenvalue weighted by molar-refractivity contribution is 4.83. The van der Waals surface area contributed by atoms with E-state index in [1.165, 1.54) is 19.3 Å². The molecular formula is C14H30O2. The average Bonchev–Trinajstić information content (AvgIpc) is 2.30. The molecule has 0 bridgehead atoms. The van der Waals surface area contributed by atoms with Gasteiger partial charge >= 0.3 is 0 Å². The largest absolute Gasteiger partial charge is 0.396 e.